The normalized spacial score (nSPS) is 19.1. The van der Waals surface area contributed by atoms with E-state index in [9.17, 15) is 14.7 Å². The van der Waals surface area contributed by atoms with Crippen molar-refractivity contribution in [3.05, 3.63) is 58.7 Å². The molecule has 1 unspecified atom stereocenters. The molecule has 1 saturated heterocycles. The van der Waals surface area contributed by atoms with Crippen LogP contribution in [0.25, 0.3) is 5.57 Å². The molecule has 1 fully saturated rings. The predicted octanol–water partition coefficient (Wildman–Crippen LogP) is 3.35. The van der Waals surface area contributed by atoms with Gasteiger partial charge in [-0.15, -0.1) is 0 Å². The van der Waals surface area contributed by atoms with Gasteiger partial charge in [0, 0.05) is 19.7 Å². The Bertz CT molecular complexity index is 1080. The highest BCUT2D eigenvalue weighted by Gasteiger charge is 2.44. The standard InChI is InChI=1S/C24H25ClN2O5/c1-31-19-10-9-16(12-20(19)32-2)21-22(26-11-5-6-15(13-26)14-28)24(30)27(23(21)29)18-8-4-3-7-17(18)25/h3-4,7-10,12,15,28H,5-6,11,13-14H2,1-2H3. The fraction of sp³-hybridized carbons (Fsp3) is 0.333. The molecule has 2 aliphatic heterocycles. The highest BCUT2D eigenvalue weighted by atomic mass is 35.5. The van der Waals surface area contributed by atoms with E-state index in [1.165, 1.54) is 14.2 Å². The minimum atomic E-state index is -0.448. The molecule has 8 heteroatoms. The van der Waals surface area contributed by atoms with Crippen LogP contribution in [0.15, 0.2) is 48.2 Å². The lowest BCUT2D eigenvalue weighted by molar-refractivity contribution is -0.120. The lowest BCUT2D eigenvalue weighted by Crippen LogP contribution is -2.40. The number of amides is 2. The van der Waals surface area contributed by atoms with Gasteiger partial charge >= 0.3 is 0 Å². The van der Waals surface area contributed by atoms with E-state index in [2.05, 4.69) is 0 Å². The number of halogens is 1. The molecule has 0 saturated carbocycles. The maximum absolute atomic E-state index is 13.7. The van der Waals surface area contributed by atoms with Gasteiger partial charge in [-0.3, -0.25) is 9.59 Å². The fourth-order valence-corrected chi connectivity index (χ4v) is 4.55. The molecule has 0 spiro atoms. The number of para-hydroxylation sites is 1. The largest absolute Gasteiger partial charge is 0.493 e. The van der Waals surface area contributed by atoms with Crippen molar-refractivity contribution in [2.45, 2.75) is 12.8 Å². The molecular weight excluding hydrogens is 432 g/mol. The van der Waals surface area contributed by atoms with E-state index in [-0.39, 0.29) is 18.1 Å². The second kappa shape index (κ2) is 9.22. The minimum absolute atomic E-state index is 0.0336. The van der Waals surface area contributed by atoms with E-state index in [4.69, 9.17) is 21.1 Å². The zero-order valence-electron chi connectivity index (χ0n) is 18.0. The van der Waals surface area contributed by atoms with Crippen LogP contribution < -0.4 is 14.4 Å². The zero-order valence-corrected chi connectivity index (χ0v) is 18.8. The van der Waals surface area contributed by atoms with Gasteiger partial charge in [-0.05, 0) is 48.6 Å². The Morgan fingerprint density at radius 1 is 1.06 bits per heavy atom. The Hall–Kier alpha value is -3.03. The molecule has 32 heavy (non-hydrogen) atoms. The summed E-state index contributed by atoms with van der Waals surface area (Å²) in [7, 11) is 3.06. The SMILES string of the molecule is COc1ccc(C2=C(N3CCCC(CO)C3)C(=O)N(c3ccccc3Cl)C2=O)cc1OC. The Balaban J connectivity index is 1.86. The number of piperidine rings is 1. The van der Waals surface area contributed by atoms with E-state index >= 15 is 0 Å². The molecular formula is C24H25ClN2O5. The number of imide groups is 1. The molecule has 2 heterocycles. The minimum Gasteiger partial charge on any atom is -0.493 e. The molecule has 4 rings (SSSR count). The molecule has 1 N–H and O–H groups in total. The van der Waals surface area contributed by atoms with Crippen molar-refractivity contribution in [2.24, 2.45) is 5.92 Å². The highest BCUT2D eigenvalue weighted by Crippen LogP contribution is 2.40. The quantitative estimate of drug-likeness (QED) is 0.671. The first kappa shape index (κ1) is 22.2. The molecule has 168 valence electrons. The summed E-state index contributed by atoms with van der Waals surface area (Å²) >= 11 is 6.35. The van der Waals surface area contributed by atoms with Gasteiger partial charge < -0.3 is 19.5 Å². The third kappa shape index (κ3) is 3.82. The molecule has 7 nitrogen and oxygen atoms in total. The predicted molar refractivity (Wildman–Crippen MR) is 122 cm³/mol. The smallest absolute Gasteiger partial charge is 0.282 e. The lowest BCUT2D eigenvalue weighted by Gasteiger charge is -2.34. The van der Waals surface area contributed by atoms with Gasteiger partial charge in [0.1, 0.15) is 5.70 Å². The first-order valence-electron chi connectivity index (χ1n) is 10.5. The third-order valence-electron chi connectivity index (χ3n) is 5.92. The van der Waals surface area contributed by atoms with Crippen LogP contribution in [-0.2, 0) is 9.59 Å². The van der Waals surface area contributed by atoms with Crippen LogP contribution in [0.2, 0.25) is 5.02 Å². The number of rotatable bonds is 6. The van der Waals surface area contributed by atoms with E-state index in [1.807, 2.05) is 4.90 Å². The first-order chi connectivity index (χ1) is 15.5. The zero-order chi connectivity index (χ0) is 22.8. The van der Waals surface area contributed by atoms with Gasteiger partial charge in [0.05, 0.1) is 30.5 Å². The average molecular weight is 457 g/mol. The number of hydrogen-bond donors (Lipinski definition) is 1. The molecule has 2 aromatic carbocycles. The molecule has 0 aromatic heterocycles. The number of aliphatic hydroxyl groups is 1. The fourth-order valence-electron chi connectivity index (χ4n) is 4.33. The number of hydrogen-bond acceptors (Lipinski definition) is 6. The average Bonchev–Trinajstić information content (AvgIpc) is 3.08. The van der Waals surface area contributed by atoms with Crippen molar-refractivity contribution in [3.63, 3.8) is 0 Å². The molecule has 0 bridgehead atoms. The van der Waals surface area contributed by atoms with Crippen molar-refractivity contribution in [2.75, 3.05) is 38.8 Å². The van der Waals surface area contributed by atoms with E-state index in [0.717, 1.165) is 17.7 Å². The number of nitrogens with zero attached hydrogens (tertiary/aromatic N) is 2. The van der Waals surface area contributed by atoms with Crippen LogP contribution in [0.3, 0.4) is 0 Å². The third-order valence-corrected chi connectivity index (χ3v) is 6.24. The lowest BCUT2D eigenvalue weighted by atomic mass is 9.96. The van der Waals surface area contributed by atoms with Gasteiger partial charge in [-0.1, -0.05) is 29.8 Å². The Labute approximate surface area is 191 Å². The van der Waals surface area contributed by atoms with E-state index in [1.54, 1.807) is 42.5 Å². The number of anilines is 1. The summed E-state index contributed by atoms with van der Waals surface area (Å²) in [6.45, 7) is 1.15. The van der Waals surface area contributed by atoms with E-state index < -0.39 is 11.8 Å². The summed E-state index contributed by atoms with van der Waals surface area (Å²) in [5.74, 6) is 0.153. The maximum Gasteiger partial charge on any atom is 0.282 e. The number of carbonyl (C=O) groups excluding carboxylic acids is 2. The van der Waals surface area contributed by atoms with Gasteiger partial charge in [-0.25, -0.2) is 4.90 Å². The molecule has 2 aromatic rings. The monoisotopic (exact) mass is 456 g/mol. The number of benzene rings is 2. The molecule has 2 amide bonds. The number of carbonyl (C=O) groups is 2. The Kier molecular flexibility index (Phi) is 6.39. The molecule has 1 atom stereocenters. The van der Waals surface area contributed by atoms with Crippen LogP contribution in [0.5, 0.6) is 11.5 Å². The van der Waals surface area contributed by atoms with Crippen LogP contribution >= 0.6 is 11.6 Å². The van der Waals surface area contributed by atoms with Crippen LogP contribution in [0, 0.1) is 5.92 Å². The molecule has 0 aliphatic carbocycles. The second-order valence-electron chi connectivity index (χ2n) is 7.83. The number of aliphatic hydroxyl groups excluding tert-OH is 1. The van der Waals surface area contributed by atoms with Crippen LogP contribution in [-0.4, -0.2) is 55.7 Å². The van der Waals surface area contributed by atoms with Gasteiger partial charge in [0.25, 0.3) is 11.8 Å². The molecule has 2 aliphatic rings. The maximum atomic E-state index is 13.7. The van der Waals surface area contributed by atoms with E-state index in [0.29, 0.717) is 46.6 Å². The van der Waals surface area contributed by atoms with Crippen molar-refractivity contribution >= 4 is 34.7 Å². The van der Waals surface area contributed by atoms with Gasteiger partial charge in [0.2, 0.25) is 0 Å². The van der Waals surface area contributed by atoms with Crippen molar-refractivity contribution < 1.29 is 24.2 Å². The first-order valence-corrected chi connectivity index (χ1v) is 10.8. The Morgan fingerprint density at radius 2 is 1.81 bits per heavy atom. The van der Waals surface area contributed by atoms with Crippen molar-refractivity contribution in [3.8, 4) is 11.5 Å². The summed E-state index contributed by atoms with van der Waals surface area (Å²) in [6, 6.07) is 11.9. The number of ether oxygens (including phenoxy) is 2. The van der Waals surface area contributed by atoms with Crippen molar-refractivity contribution in [1.82, 2.24) is 4.90 Å². The summed E-state index contributed by atoms with van der Waals surface area (Å²) in [6.07, 6.45) is 1.70. The van der Waals surface area contributed by atoms with Crippen LogP contribution in [0.4, 0.5) is 5.69 Å². The summed E-state index contributed by atoms with van der Waals surface area (Å²) in [5, 5.41) is 10.0. The van der Waals surface area contributed by atoms with Crippen LogP contribution in [0.1, 0.15) is 18.4 Å². The summed E-state index contributed by atoms with van der Waals surface area (Å²) in [5.41, 5.74) is 1.50. The number of likely N-dealkylation sites (tertiary alicyclic amines) is 1. The molecule has 0 radical (unpaired) electrons. The highest BCUT2D eigenvalue weighted by molar-refractivity contribution is 6.47. The number of methoxy groups -OCH3 is 2. The summed E-state index contributed by atoms with van der Waals surface area (Å²) < 4.78 is 10.7. The second-order valence-corrected chi connectivity index (χ2v) is 8.23. The summed E-state index contributed by atoms with van der Waals surface area (Å²) in [4.78, 5) is 30.4. The Morgan fingerprint density at radius 3 is 2.50 bits per heavy atom. The van der Waals surface area contributed by atoms with Gasteiger partial charge in [0.15, 0.2) is 11.5 Å². The van der Waals surface area contributed by atoms with Gasteiger partial charge in [-0.2, -0.15) is 0 Å². The van der Waals surface area contributed by atoms with Crippen molar-refractivity contribution in [1.29, 1.82) is 0 Å². The topological polar surface area (TPSA) is 79.3 Å².